The topological polar surface area (TPSA) is 102 Å². The summed E-state index contributed by atoms with van der Waals surface area (Å²) in [5.41, 5.74) is -3.65. The molecule has 0 radical (unpaired) electrons. The zero-order chi connectivity index (χ0) is 34.4. The first-order valence-electron chi connectivity index (χ1n) is 14.8. The van der Waals surface area contributed by atoms with E-state index < -0.39 is 64.6 Å². The molecule has 3 amide bonds. The molecule has 0 bridgehead atoms. The molecule has 2 atom stereocenters. The lowest BCUT2D eigenvalue weighted by molar-refractivity contribution is -0.143. The van der Waals surface area contributed by atoms with Crippen LogP contribution in [0.5, 0.6) is 5.88 Å². The van der Waals surface area contributed by atoms with Gasteiger partial charge in [0.05, 0.1) is 23.4 Å². The van der Waals surface area contributed by atoms with E-state index in [-0.39, 0.29) is 37.0 Å². The van der Waals surface area contributed by atoms with Crippen molar-refractivity contribution in [3.05, 3.63) is 81.7 Å². The minimum atomic E-state index is -5.11. The predicted molar refractivity (Wildman–Crippen MR) is 155 cm³/mol. The van der Waals surface area contributed by atoms with Gasteiger partial charge in [-0.3, -0.25) is 14.3 Å². The minimum Gasteiger partial charge on any atom is -0.493 e. The summed E-state index contributed by atoms with van der Waals surface area (Å²) < 4.78 is 96.0. The summed E-state index contributed by atoms with van der Waals surface area (Å²) in [4.78, 5) is 45.3. The van der Waals surface area contributed by atoms with E-state index in [1.807, 2.05) is 0 Å². The molecule has 9 nitrogen and oxygen atoms in total. The van der Waals surface area contributed by atoms with Crippen LogP contribution in [-0.2, 0) is 17.1 Å². The molecule has 2 N–H and O–H groups in total. The fraction of sp³-hybridized carbons (Fsp3) is 0.452. The number of alkyl halides is 6. The Bertz CT molecular complexity index is 1640. The lowest BCUT2D eigenvalue weighted by atomic mass is 9.85. The Balaban J connectivity index is 1.37. The predicted octanol–water partition coefficient (Wildman–Crippen LogP) is 5.97. The number of aromatic nitrogens is 2. The summed E-state index contributed by atoms with van der Waals surface area (Å²) in [6, 6.07) is 4.33. The number of hydrogen-bond donors (Lipinski definition) is 2. The molecule has 3 aromatic rings. The molecule has 1 aliphatic heterocycles. The third-order valence-electron chi connectivity index (χ3n) is 9.15. The quantitative estimate of drug-likeness (QED) is 0.327. The molecule has 5 rings (SSSR count). The molecule has 2 unspecified atom stereocenters. The Morgan fingerprint density at radius 2 is 1.47 bits per heavy atom. The molecule has 1 aromatic heterocycles. The third kappa shape index (κ3) is 6.95. The number of urea groups is 1. The minimum absolute atomic E-state index is 0.00529. The molecule has 2 aliphatic rings. The first-order valence-corrected chi connectivity index (χ1v) is 14.8. The van der Waals surface area contributed by atoms with Crippen LogP contribution in [0.4, 0.5) is 41.2 Å². The molecule has 254 valence electrons. The van der Waals surface area contributed by atoms with Crippen LogP contribution in [0.1, 0.15) is 54.3 Å². The van der Waals surface area contributed by atoms with E-state index in [2.05, 4.69) is 4.98 Å². The summed E-state index contributed by atoms with van der Waals surface area (Å²) in [5.74, 6) is -1.92. The van der Waals surface area contributed by atoms with Crippen LogP contribution in [0, 0.1) is 11.7 Å². The Hall–Kier alpha value is -4.50. The second-order valence-electron chi connectivity index (χ2n) is 12.0. The zero-order valence-electron chi connectivity index (χ0n) is 25.3. The number of carbonyl (C=O) groups excluding carboxylic acids is 2. The number of anilines is 1. The molecule has 2 heterocycles. The number of halogens is 7. The largest absolute Gasteiger partial charge is 0.493 e. The molecular weight excluding hydrogens is 639 g/mol. The van der Waals surface area contributed by atoms with Gasteiger partial charge in [0, 0.05) is 50.7 Å². The van der Waals surface area contributed by atoms with Gasteiger partial charge in [0.1, 0.15) is 5.82 Å². The number of nitrogens with zero attached hydrogens (tertiary/aromatic N) is 4. The zero-order valence-corrected chi connectivity index (χ0v) is 25.3. The molecule has 1 aliphatic carbocycles. The Kier molecular flexibility index (Phi) is 9.08. The van der Waals surface area contributed by atoms with E-state index in [0.717, 1.165) is 7.05 Å². The third-order valence-corrected chi connectivity index (χ3v) is 9.15. The number of benzene rings is 2. The van der Waals surface area contributed by atoms with E-state index in [9.17, 15) is 50.2 Å². The van der Waals surface area contributed by atoms with E-state index in [1.165, 1.54) is 47.0 Å². The van der Waals surface area contributed by atoms with Crippen molar-refractivity contribution in [3.63, 3.8) is 0 Å². The van der Waals surface area contributed by atoms with Crippen LogP contribution in [0.15, 0.2) is 53.5 Å². The number of nitrogens with one attached hydrogen (secondary N) is 1. The van der Waals surface area contributed by atoms with Gasteiger partial charge in [-0.1, -0.05) is 12.1 Å². The van der Waals surface area contributed by atoms with Gasteiger partial charge in [0.15, 0.2) is 0 Å². The van der Waals surface area contributed by atoms with Gasteiger partial charge in [-0.15, -0.1) is 0 Å². The Labute approximate surface area is 264 Å². The number of H-pyrrole nitrogens is 1. The fourth-order valence-corrected chi connectivity index (χ4v) is 6.58. The highest BCUT2D eigenvalue weighted by Gasteiger charge is 2.43. The van der Waals surface area contributed by atoms with Crippen molar-refractivity contribution in [1.82, 2.24) is 19.4 Å². The van der Waals surface area contributed by atoms with Crippen LogP contribution >= 0.6 is 0 Å². The van der Waals surface area contributed by atoms with Gasteiger partial charge < -0.3 is 19.9 Å². The summed E-state index contributed by atoms with van der Waals surface area (Å²) in [6.07, 6.45) is -7.31. The van der Waals surface area contributed by atoms with Crippen molar-refractivity contribution in [3.8, 4) is 5.88 Å². The number of rotatable bonds is 5. The normalized spacial score (nSPS) is 21.9. The smallest absolute Gasteiger partial charge is 0.416 e. The Morgan fingerprint density at radius 1 is 0.894 bits per heavy atom. The van der Waals surface area contributed by atoms with Crippen molar-refractivity contribution in [2.24, 2.45) is 5.92 Å². The van der Waals surface area contributed by atoms with Crippen LogP contribution in [0.3, 0.4) is 0 Å². The van der Waals surface area contributed by atoms with Crippen molar-refractivity contribution in [2.75, 3.05) is 32.1 Å². The summed E-state index contributed by atoms with van der Waals surface area (Å²) >= 11 is 0. The SMILES string of the molecule is CN(C(=O)N(C)C1CN(C(=O)C2CCC(n3c(O)c[nH]c3=O)CC2)CC1c1ccc(F)cc1)c1cc(C(F)(F)F)cc(C(F)(F)F)c1. The average molecular weight is 672 g/mol. The van der Waals surface area contributed by atoms with Crippen molar-refractivity contribution < 1.29 is 45.4 Å². The van der Waals surface area contributed by atoms with Gasteiger partial charge in [0.25, 0.3) is 0 Å². The summed E-state index contributed by atoms with van der Waals surface area (Å²) in [7, 11) is 2.41. The number of likely N-dealkylation sites (N-methyl/N-ethyl adjacent to an activating group) is 1. The van der Waals surface area contributed by atoms with E-state index in [1.54, 1.807) is 4.90 Å². The lowest BCUT2D eigenvalue weighted by Gasteiger charge is -2.33. The van der Waals surface area contributed by atoms with Gasteiger partial charge >= 0.3 is 24.1 Å². The number of aromatic amines is 1. The summed E-state index contributed by atoms with van der Waals surface area (Å²) in [6.45, 7) is 0.127. The molecule has 1 saturated carbocycles. The molecule has 1 saturated heterocycles. The number of amides is 3. The van der Waals surface area contributed by atoms with Crippen molar-refractivity contribution in [2.45, 2.75) is 56.0 Å². The van der Waals surface area contributed by atoms with Gasteiger partial charge in [-0.25, -0.2) is 14.0 Å². The number of aromatic hydroxyl groups is 1. The molecule has 2 aromatic carbocycles. The van der Waals surface area contributed by atoms with Crippen LogP contribution < -0.4 is 10.6 Å². The number of carbonyl (C=O) groups is 2. The second-order valence-corrected chi connectivity index (χ2v) is 12.0. The second kappa shape index (κ2) is 12.6. The maximum absolute atomic E-state index is 13.8. The van der Waals surface area contributed by atoms with Crippen molar-refractivity contribution >= 4 is 17.6 Å². The summed E-state index contributed by atoms with van der Waals surface area (Å²) in [5, 5.41) is 10.0. The van der Waals surface area contributed by atoms with Crippen LogP contribution in [0.25, 0.3) is 0 Å². The van der Waals surface area contributed by atoms with Gasteiger partial charge in [-0.2, -0.15) is 26.3 Å². The van der Waals surface area contributed by atoms with Crippen LogP contribution in [-0.4, -0.2) is 69.6 Å². The maximum Gasteiger partial charge on any atom is 0.416 e. The standard InChI is InChI=1S/C31H32F7N5O4/c1-40(23-12-19(30(33,34)35)11-20(13-23)31(36,37)38)29(47)41(2)25-16-42(15-24(25)17-3-7-21(32)8-4-17)27(45)18-5-9-22(10-6-18)43-26(44)14-39-28(43)46/h3-4,7-8,11-14,18,22,24-25,44H,5-6,9-10,15-16H2,1-2H3,(H,39,46). The first kappa shape index (κ1) is 33.9. The number of imidazole rings is 1. The maximum atomic E-state index is 13.8. The fourth-order valence-electron chi connectivity index (χ4n) is 6.58. The van der Waals surface area contributed by atoms with Crippen molar-refractivity contribution in [1.29, 1.82) is 0 Å². The van der Waals surface area contributed by atoms with E-state index >= 15 is 0 Å². The molecule has 0 spiro atoms. The lowest BCUT2D eigenvalue weighted by Crippen LogP contribution is -2.48. The molecular formula is C31H32F7N5O4. The Morgan fingerprint density at radius 3 is 1.98 bits per heavy atom. The highest BCUT2D eigenvalue weighted by molar-refractivity contribution is 5.92. The first-order chi connectivity index (χ1) is 22.0. The number of hydrogen-bond acceptors (Lipinski definition) is 4. The molecule has 2 fully saturated rings. The van der Waals surface area contributed by atoms with E-state index in [4.69, 9.17) is 0 Å². The average Bonchev–Trinajstić information content (AvgIpc) is 3.62. The monoisotopic (exact) mass is 671 g/mol. The highest BCUT2D eigenvalue weighted by Crippen LogP contribution is 2.40. The number of likely N-dealkylation sites (tertiary alicyclic amines) is 1. The van der Waals surface area contributed by atoms with Crippen LogP contribution in [0.2, 0.25) is 0 Å². The highest BCUT2D eigenvalue weighted by atomic mass is 19.4. The molecule has 16 heteroatoms. The van der Waals surface area contributed by atoms with E-state index in [0.29, 0.717) is 48.3 Å². The molecule has 47 heavy (non-hydrogen) atoms. The van der Waals surface area contributed by atoms with Gasteiger partial charge in [-0.05, 0) is 61.6 Å². The van der Waals surface area contributed by atoms with Gasteiger partial charge in [0.2, 0.25) is 11.8 Å².